The van der Waals surface area contributed by atoms with Crippen molar-refractivity contribution in [1.82, 2.24) is 15.0 Å². The van der Waals surface area contributed by atoms with Crippen LogP contribution in [0.2, 0.25) is 5.02 Å². The van der Waals surface area contributed by atoms with Gasteiger partial charge in [-0.15, -0.1) is 0 Å². The van der Waals surface area contributed by atoms with E-state index in [1.165, 1.54) is 0 Å². The molecule has 0 spiro atoms. The van der Waals surface area contributed by atoms with Crippen LogP contribution in [-0.2, 0) is 6.54 Å². The van der Waals surface area contributed by atoms with Crippen LogP contribution in [0.4, 0.5) is 11.8 Å². The summed E-state index contributed by atoms with van der Waals surface area (Å²) in [5.74, 6) is 1.12. The molecule has 6 nitrogen and oxygen atoms in total. The minimum Gasteiger partial charge on any atom is -0.394 e. The lowest BCUT2D eigenvalue weighted by Gasteiger charge is -2.14. The fourth-order valence-electron chi connectivity index (χ4n) is 2.37. The summed E-state index contributed by atoms with van der Waals surface area (Å²) in [6, 6.07) is 13.2. The van der Waals surface area contributed by atoms with Gasteiger partial charge in [-0.25, -0.2) is 4.98 Å². The van der Waals surface area contributed by atoms with E-state index >= 15 is 0 Å². The van der Waals surface area contributed by atoms with E-state index in [0.29, 0.717) is 23.3 Å². The number of nitrogens with zero attached hydrogens (tertiary/aromatic N) is 3. The van der Waals surface area contributed by atoms with Crippen molar-refractivity contribution in [3.8, 4) is 11.3 Å². The lowest BCUT2D eigenvalue weighted by molar-refractivity contribution is 0.281. The van der Waals surface area contributed by atoms with Gasteiger partial charge in [0.2, 0.25) is 5.95 Å². The van der Waals surface area contributed by atoms with Gasteiger partial charge in [-0.3, -0.25) is 4.98 Å². The van der Waals surface area contributed by atoms with Crippen LogP contribution in [0.5, 0.6) is 0 Å². The van der Waals surface area contributed by atoms with E-state index < -0.39 is 0 Å². The molecule has 3 rings (SSSR count). The Morgan fingerprint density at radius 1 is 1.15 bits per heavy atom. The van der Waals surface area contributed by atoms with Crippen LogP contribution >= 0.6 is 11.6 Å². The SMILES string of the molecule is C[C@@H](CO)Nc1nc(NCc2cccc(Cl)c2)cc(-c2cccnc2)n1. The van der Waals surface area contributed by atoms with Crippen molar-refractivity contribution in [3.63, 3.8) is 0 Å². The molecule has 0 saturated carbocycles. The third-order valence-electron chi connectivity index (χ3n) is 3.70. The Kier molecular flexibility index (Phi) is 5.99. The molecule has 0 saturated heterocycles. The van der Waals surface area contributed by atoms with Crippen molar-refractivity contribution in [3.05, 3.63) is 65.4 Å². The first kappa shape index (κ1) is 18.1. The maximum Gasteiger partial charge on any atom is 0.225 e. The molecule has 3 aromatic rings. The van der Waals surface area contributed by atoms with Gasteiger partial charge in [0.15, 0.2) is 0 Å². The maximum absolute atomic E-state index is 9.27. The van der Waals surface area contributed by atoms with E-state index in [2.05, 4.69) is 25.6 Å². The quantitative estimate of drug-likeness (QED) is 0.590. The van der Waals surface area contributed by atoms with Crippen molar-refractivity contribution in [2.45, 2.75) is 19.5 Å². The van der Waals surface area contributed by atoms with Crippen LogP contribution in [0.3, 0.4) is 0 Å². The van der Waals surface area contributed by atoms with Gasteiger partial charge in [0.1, 0.15) is 5.82 Å². The second-order valence-electron chi connectivity index (χ2n) is 5.92. The van der Waals surface area contributed by atoms with Gasteiger partial charge in [-0.05, 0) is 36.8 Å². The highest BCUT2D eigenvalue weighted by atomic mass is 35.5. The van der Waals surface area contributed by atoms with Crippen LogP contribution in [-0.4, -0.2) is 32.7 Å². The molecular formula is C19H20ClN5O. The molecule has 2 heterocycles. The number of rotatable bonds is 7. The van der Waals surface area contributed by atoms with Gasteiger partial charge >= 0.3 is 0 Å². The zero-order valence-corrected chi connectivity index (χ0v) is 15.1. The Bertz CT molecular complexity index is 860. The largest absolute Gasteiger partial charge is 0.394 e. The molecule has 1 aromatic carbocycles. The van der Waals surface area contributed by atoms with Gasteiger partial charge < -0.3 is 15.7 Å². The summed E-state index contributed by atoms with van der Waals surface area (Å²) >= 11 is 6.04. The number of hydrogen-bond donors (Lipinski definition) is 3. The highest BCUT2D eigenvalue weighted by Crippen LogP contribution is 2.21. The number of nitrogens with one attached hydrogen (secondary N) is 2. The van der Waals surface area contributed by atoms with Crippen molar-refractivity contribution in [2.24, 2.45) is 0 Å². The summed E-state index contributed by atoms with van der Waals surface area (Å²) in [6.45, 7) is 2.43. The third kappa shape index (κ3) is 4.91. The van der Waals surface area contributed by atoms with E-state index in [4.69, 9.17) is 11.6 Å². The average molecular weight is 370 g/mol. The highest BCUT2D eigenvalue weighted by molar-refractivity contribution is 6.30. The summed E-state index contributed by atoms with van der Waals surface area (Å²) in [4.78, 5) is 13.2. The number of anilines is 2. The van der Waals surface area contributed by atoms with Crippen LogP contribution < -0.4 is 10.6 Å². The summed E-state index contributed by atoms with van der Waals surface area (Å²) in [5.41, 5.74) is 2.69. The molecule has 26 heavy (non-hydrogen) atoms. The van der Waals surface area contributed by atoms with E-state index in [0.717, 1.165) is 16.8 Å². The van der Waals surface area contributed by atoms with Crippen molar-refractivity contribution in [2.75, 3.05) is 17.2 Å². The first-order valence-electron chi connectivity index (χ1n) is 8.29. The molecule has 7 heteroatoms. The van der Waals surface area contributed by atoms with Crippen molar-refractivity contribution >= 4 is 23.4 Å². The Labute approximate surface area is 157 Å². The minimum absolute atomic E-state index is 0.00818. The maximum atomic E-state index is 9.27. The standard InChI is InChI=1S/C19H20ClN5O/c1-13(12-26)23-19-24-17(15-5-3-7-21-11-15)9-18(25-19)22-10-14-4-2-6-16(20)8-14/h2-9,11,13,26H,10,12H2,1H3,(H2,22,23,24,25)/t13-/m0/s1. The zero-order valence-electron chi connectivity index (χ0n) is 14.4. The second kappa shape index (κ2) is 8.60. The van der Waals surface area contributed by atoms with Crippen LogP contribution in [0.15, 0.2) is 54.9 Å². The monoisotopic (exact) mass is 369 g/mol. The third-order valence-corrected chi connectivity index (χ3v) is 3.93. The Morgan fingerprint density at radius 2 is 2.04 bits per heavy atom. The number of halogens is 1. The fraction of sp³-hybridized carbons (Fsp3) is 0.211. The molecule has 0 aliphatic heterocycles. The van der Waals surface area contributed by atoms with E-state index in [1.807, 2.05) is 49.4 Å². The topological polar surface area (TPSA) is 83.0 Å². The number of aliphatic hydroxyl groups excluding tert-OH is 1. The smallest absolute Gasteiger partial charge is 0.225 e. The summed E-state index contributed by atoms with van der Waals surface area (Å²) in [6.07, 6.45) is 3.47. The molecule has 0 aliphatic carbocycles. The number of aliphatic hydroxyl groups is 1. The molecule has 3 N–H and O–H groups in total. The van der Waals surface area contributed by atoms with Gasteiger partial charge in [-0.1, -0.05) is 23.7 Å². The van der Waals surface area contributed by atoms with E-state index in [-0.39, 0.29) is 12.6 Å². The number of benzene rings is 1. The molecule has 0 amide bonds. The lowest BCUT2D eigenvalue weighted by Crippen LogP contribution is -2.21. The van der Waals surface area contributed by atoms with Crippen molar-refractivity contribution in [1.29, 1.82) is 0 Å². The Balaban J connectivity index is 1.86. The van der Waals surface area contributed by atoms with E-state index in [1.54, 1.807) is 12.4 Å². The van der Waals surface area contributed by atoms with Crippen LogP contribution in [0, 0.1) is 0 Å². The predicted octanol–water partition coefficient (Wildman–Crippen LogP) is 3.60. The molecule has 0 radical (unpaired) electrons. The molecule has 0 fully saturated rings. The Morgan fingerprint density at radius 3 is 2.77 bits per heavy atom. The first-order valence-corrected chi connectivity index (χ1v) is 8.67. The fourth-order valence-corrected chi connectivity index (χ4v) is 2.58. The summed E-state index contributed by atoms with van der Waals surface area (Å²) in [7, 11) is 0. The number of pyridine rings is 1. The van der Waals surface area contributed by atoms with Gasteiger partial charge in [0, 0.05) is 41.6 Å². The average Bonchev–Trinajstić information content (AvgIpc) is 2.67. The molecule has 2 aromatic heterocycles. The lowest BCUT2D eigenvalue weighted by atomic mass is 10.2. The van der Waals surface area contributed by atoms with Gasteiger partial charge in [0.05, 0.1) is 12.3 Å². The normalized spacial score (nSPS) is 11.8. The second-order valence-corrected chi connectivity index (χ2v) is 6.35. The molecule has 1 atom stereocenters. The molecule has 134 valence electrons. The molecule has 0 aliphatic rings. The summed E-state index contributed by atoms with van der Waals surface area (Å²) < 4.78 is 0. The number of hydrogen-bond acceptors (Lipinski definition) is 6. The summed E-state index contributed by atoms with van der Waals surface area (Å²) in [5, 5.41) is 16.4. The molecule has 0 unspecified atom stereocenters. The van der Waals surface area contributed by atoms with E-state index in [9.17, 15) is 5.11 Å². The highest BCUT2D eigenvalue weighted by Gasteiger charge is 2.09. The van der Waals surface area contributed by atoms with Crippen LogP contribution in [0.25, 0.3) is 11.3 Å². The molecular weight excluding hydrogens is 350 g/mol. The number of aromatic nitrogens is 3. The van der Waals surface area contributed by atoms with Gasteiger partial charge in [-0.2, -0.15) is 4.98 Å². The molecule has 0 bridgehead atoms. The van der Waals surface area contributed by atoms with Crippen molar-refractivity contribution < 1.29 is 5.11 Å². The Hall–Kier alpha value is -2.70. The zero-order chi connectivity index (χ0) is 18.4. The van der Waals surface area contributed by atoms with Gasteiger partial charge in [0.25, 0.3) is 0 Å². The predicted molar refractivity (Wildman–Crippen MR) is 104 cm³/mol. The minimum atomic E-state index is -0.153. The van der Waals surface area contributed by atoms with Crippen LogP contribution in [0.1, 0.15) is 12.5 Å². The first-order chi connectivity index (χ1) is 12.6.